The highest BCUT2D eigenvalue weighted by Gasteiger charge is 2.08. The Kier molecular flexibility index (Phi) is 7.08. The van der Waals surface area contributed by atoms with Gasteiger partial charge in [0.05, 0.1) is 12.4 Å². The summed E-state index contributed by atoms with van der Waals surface area (Å²) in [6.45, 7) is 4.36. The molecule has 0 fully saturated rings. The maximum atomic E-state index is 11.2. The van der Waals surface area contributed by atoms with Gasteiger partial charge >= 0.3 is 0 Å². The SMILES string of the molecule is CCN(C)CCNS(=O)(=O)CCOC. The topological polar surface area (TPSA) is 58.6 Å². The van der Waals surface area contributed by atoms with E-state index in [2.05, 4.69) is 4.72 Å². The highest BCUT2D eigenvalue weighted by Crippen LogP contribution is 1.85. The van der Waals surface area contributed by atoms with Crippen LogP contribution >= 0.6 is 0 Å². The lowest BCUT2D eigenvalue weighted by atomic mass is 10.5. The van der Waals surface area contributed by atoms with E-state index in [9.17, 15) is 8.42 Å². The molecule has 0 saturated carbocycles. The van der Waals surface area contributed by atoms with Crippen LogP contribution in [0.15, 0.2) is 0 Å². The number of nitrogens with zero attached hydrogens (tertiary/aromatic N) is 1. The van der Waals surface area contributed by atoms with Crippen LogP contribution in [0, 0.1) is 0 Å². The van der Waals surface area contributed by atoms with E-state index >= 15 is 0 Å². The van der Waals surface area contributed by atoms with Crippen molar-refractivity contribution in [2.45, 2.75) is 6.92 Å². The van der Waals surface area contributed by atoms with Gasteiger partial charge in [0.1, 0.15) is 0 Å². The van der Waals surface area contributed by atoms with Crippen molar-refractivity contribution < 1.29 is 13.2 Å². The Morgan fingerprint density at radius 3 is 2.57 bits per heavy atom. The molecule has 0 aromatic rings. The lowest BCUT2D eigenvalue weighted by molar-refractivity contribution is 0.217. The van der Waals surface area contributed by atoms with Gasteiger partial charge in [0.15, 0.2) is 0 Å². The molecule has 0 atom stereocenters. The number of rotatable bonds is 8. The Labute approximate surface area is 86.5 Å². The first-order chi connectivity index (χ1) is 6.52. The van der Waals surface area contributed by atoms with Gasteiger partial charge in [-0.25, -0.2) is 13.1 Å². The van der Waals surface area contributed by atoms with E-state index in [0.29, 0.717) is 6.54 Å². The van der Waals surface area contributed by atoms with Crippen LogP contribution in [0.3, 0.4) is 0 Å². The van der Waals surface area contributed by atoms with Gasteiger partial charge in [-0.3, -0.25) is 0 Å². The molecule has 0 saturated heterocycles. The van der Waals surface area contributed by atoms with Crippen LogP contribution in [0.5, 0.6) is 0 Å². The maximum absolute atomic E-state index is 11.2. The zero-order valence-corrected chi connectivity index (χ0v) is 9.93. The molecule has 6 heteroatoms. The van der Waals surface area contributed by atoms with Crippen LogP contribution in [0.25, 0.3) is 0 Å². The molecule has 0 rings (SSSR count). The normalized spacial score (nSPS) is 12.3. The number of ether oxygens (including phenoxy) is 1. The minimum Gasteiger partial charge on any atom is -0.384 e. The van der Waals surface area contributed by atoms with Gasteiger partial charge in [-0.1, -0.05) is 6.92 Å². The average molecular weight is 224 g/mol. The van der Waals surface area contributed by atoms with Crippen molar-refractivity contribution in [3.63, 3.8) is 0 Å². The Morgan fingerprint density at radius 2 is 2.07 bits per heavy atom. The van der Waals surface area contributed by atoms with E-state index in [1.807, 2.05) is 18.9 Å². The van der Waals surface area contributed by atoms with Crippen LogP contribution in [0.2, 0.25) is 0 Å². The molecule has 1 N–H and O–H groups in total. The summed E-state index contributed by atoms with van der Waals surface area (Å²) in [6.07, 6.45) is 0. The smallest absolute Gasteiger partial charge is 0.213 e. The molecule has 5 nitrogen and oxygen atoms in total. The fourth-order valence-corrected chi connectivity index (χ4v) is 1.75. The second-order valence-corrected chi connectivity index (χ2v) is 5.03. The third-order valence-corrected chi connectivity index (χ3v) is 3.26. The quantitative estimate of drug-likeness (QED) is 0.604. The first-order valence-electron chi connectivity index (χ1n) is 4.66. The molecule has 0 aliphatic heterocycles. The number of methoxy groups -OCH3 is 1. The second kappa shape index (κ2) is 7.17. The molecule has 0 amide bonds. The number of likely N-dealkylation sites (N-methyl/N-ethyl adjacent to an activating group) is 1. The van der Waals surface area contributed by atoms with E-state index < -0.39 is 10.0 Å². The van der Waals surface area contributed by atoms with Gasteiger partial charge in [-0.15, -0.1) is 0 Å². The number of hydrogen-bond donors (Lipinski definition) is 1. The van der Waals surface area contributed by atoms with Crippen LogP contribution in [0.1, 0.15) is 6.92 Å². The van der Waals surface area contributed by atoms with Crippen LogP contribution in [-0.2, 0) is 14.8 Å². The summed E-state index contributed by atoms with van der Waals surface area (Å²) in [6, 6.07) is 0. The third-order valence-electron chi connectivity index (χ3n) is 1.91. The molecule has 0 unspecified atom stereocenters. The molecule has 14 heavy (non-hydrogen) atoms. The predicted octanol–water partition coefficient (Wildman–Crippen LogP) is -0.496. The highest BCUT2D eigenvalue weighted by molar-refractivity contribution is 7.89. The summed E-state index contributed by atoms with van der Waals surface area (Å²) in [5, 5.41) is 0. The van der Waals surface area contributed by atoms with Gasteiger partial charge in [0.2, 0.25) is 10.0 Å². The van der Waals surface area contributed by atoms with E-state index in [1.165, 1.54) is 7.11 Å². The molecule has 0 aromatic carbocycles. The van der Waals surface area contributed by atoms with E-state index in [4.69, 9.17) is 4.74 Å². The van der Waals surface area contributed by atoms with Gasteiger partial charge in [-0.2, -0.15) is 0 Å². The van der Waals surface area contributed by atoms with Crippen molar-refractivity contribution in [1.29, 1.82) is 0 Å². The molecule has 0 heterocycles. The fraction of sp³-hybridized carbons (Fsp3) is 1.00. The fourth-order valence-electron chi connectivity index (χ4n) is 0.815. The average Bonchev–Trinajstić information content (AvgIpc) is 2.14. The molecular formula is C8H20N2O3S. The molecule has 0 aromatic heterocycles. The summed E-state index contributed by atoms with van der Waals surface area (Å²) >= 11 is 0. The van der Waals surface area contributed by atoms with Crippen molar-refractivity contribution in [2.24, 2.45) is 0 Å². The molecule has 0 aliphatic rings. The maximum Gasteiger partial charge on any atom is 0.213 e. The molecule has 0 spiro atoms. The second-order valence-electron chi connectivity index (χ2n) is 3.10. The number of hydrogen-bond acceptors (Lipinski definition) is 4. The standard InChI is InChI=1S/C8H20N2O3S/c1-4-10(2)6-5-9-14(11,12)8-7-13-3/h9H,4-8H2,1-3H3. The number of sulfonamides is 1. The Hall–Kier alpha value is -0.170. The van der Waals surface area contributed by atoms with Crippen molar-refractivity contribution >= 4 is 10.0 Å². The zero-order chi connectivity index (χ0) is 11.0. The summed E-state index contributed by atoms with van der Waals surface area (Å²) in [5.41, 5.74) is 0. The van der Waals surface area contributed by atoms with Gasteiger partial charge in [0, 0.05) is 20.2 Å². The van der Waals surface area contributed by atoms with E-state index in [1.54, 1.807) is 0 Å². The van der Waals surface area contributed by atoms with Gasteiger partial charge in [0.25, 0.3) is 0 Å². The van der Waals surface area contributed by atoms with E-state index in [0.717, 1.165) is 13.1 Å². The first kappa shape index (κ1) is 13.8. The van der Waals surface area contributed by atoms with Crippen molar-refractivity contribution in [1.82, 2.24) is 9.62 Å². The Bertz CT molecular complexity index is 229. The van der Waals surface area contributed by atoms with E-state index in [-0.39, 0.29) is 12.4 Å². The zero-order valence-electron chi connectivity index (χ0n) is 9.12. The van der Waals surface area contributed by atoms with Gasteiger partial charge in [-0.05, 0) is 13.6 Å². The lowest BCUT2D eigenvalue weighted by Gasteiger charge is -2.13. The van der Waals surface area contributed by atoms with Crippen molar-refractivity contribution in [3.8, 4) is 0 Å². The molecular weight excluding hydrogens is 204 g/mol. The molecule has 0 bridgehead atoms. The first-order valence-corrected chi connectivity index (χ1v) is 6.32. The van der Waals surface area contributed by atoms with Crippen LogP contribution in [0.4, 0.5) is 0 Å². The Morgan fingerprint density at radius 1 is 1.43 bits per heavy atom. The van der Waals surface area contributed by atoms with Crippen molar-refractivity contribution in [2.75, 3.05) is 46.2 Å². The summed E-state index contributed by atoms with van der Waals surface area (Å²) in [5.74, 6) is 0.0271. The molecule has 86 valence electrons. The summed E-state index contributed by atoms with van der Waals surface area (Å²) < 4.78 is 29.7. The largest absolute Gasteiger partial charge is 0.384 e. The molecule has 0 radical (unpaired) electrons. The monoisotopic (exact) mass is 224 g/mol. The highest BCUT2D eigenvalue weighted by atomic mass is 32.2. The predicted molar refractivity (Wildman–Crippen MR) is 56.8 cm³/mol. The Balaban J connectivity index is 3.66. The summed E-state index contributed by atoms with van der Waals surface area (Å²) in [4.78, 5) is 2.04. The third kappa shape index (κ3) is 7.25. The summed E-state index contributed by atoms with van der Waals surface area (Å²) in [7, 11) is 0.285. The van der Waals surface area contributed by atoms with Crippen LogP contribution < -0.4 is 4.72 Å². The number of nitrogens with one attached hydrogen (secondary N) is 1. The van der Waals surface area contributed by atoms with Gasteiger partial charge < -0.3 is 9.64 Å². The minimum atomic E-state index is -3.15. The van der Waals surface area contributed by atoms with Crippen LogP contribution in [-0.4, -0.2) is 59.5 Å². The minimum absolute atomic E-state index is 0.0271. The lowest BCUT2D eigenvalue weighted by Crippen LogP contribution is -2.35. The molecule has 0 aliphatic carbocycles. The van der Waals surface area contributed by atoms with Crippen molar-refractivity contribution in [3.05, 3.63) is 0 Å².